The predicted molar refractivity (Wildman–Crippen MR) is 99.3 cm³/mol. The third kappa shape index (κ3) is 8.49. The minimum atomic E-state index is -1.65. The van der Waals surface area contributed by atoms with Crippen molar-refractivity contribution in [3.05, 3.63) is 0 Å². The Morgan fingerprint density at radius 1 is 0.625 bits per heavy atom. The van der Waals surface area contributed by atoms with Gasteiger partial charge in [0.25, 0.3) is 0 Å². The van der Waals surface area contributed by atoms with Crippen LogP contribution in [-0.2, 0) is 61.9 Å². The minimum absolute atomic E-state index is 0.533. The molecule has 13 nitrogen and oxygen atoms in total. The molecule has 0 aromatic carbocycles. The SMILES string of the molecule is CC(=O)OC[C@H](OC(C)=O)[C@H]1OC(OC(C)=O)[C@@H](OC(C)=O)[C@@H](OC(C)=O)[C@@H]1OC(C)=O. The van der Waals surface area contributed by atoms with Crippen LogP contribution in [-0.4, -0.2) is 79.2 Å². The summed E-state index contributed by atoms with van der Waals surface area (Å²) < 4.78 is 36.4. The highest BCUT2D eigenvalue weighted by Crippen LogP contribution is 2.32. The van der Waals surface area contributed by atoms with Gasteiger partial charge in [-0.2, -0.15) is 0 Å². The van der Waals surface area contributed by atoms with Crippen molar-refractivity contribution in [1.29, 1.82) is 0 Å². The van der Waals surface area contributed by atoms with E-state index >= 15 is 0 Å². The van der Waals surface area contributed by atoms with E-state index in [-0.39, 0.29) is 0 Å². The molecule has 180 valence electrons. The van der Waals surface area contributed by atoms with Crippen molar-refractivity contribution in [3.8, 4) is 0 Å². The molecular formula is C19H26O13. The first-order chi connectivity index (χ1) is 14.8. The molecule has 1 saturated heterocycles. The quantitative estimate of drug-likeness (QED) is 0.337. The summed E-state index contributed by atoms with van der Waals surface area (Å²) in [6.07, 6.45) is -9.05. The Labute approximate surface area is 183 Å². The highest BCUT2D eigenvalue weighted by molar-refractivity contribution is 5.69. The number of hydrogen-bond acceptors (Lipinski definition) is 13. The van der Waals surface area contributed by atoms with Crippen LogP contribution in [0.4, 0.5) is 0 Å². The molecule has 0 amide bonds. The molecule has 6 atom stereocenters. The fourth-order valence-corrected chi connectivity index (χ4v) is 2.97. The molecule has 0 spiro atoms. The van der Waals surface area contributed by atoms with Gasteiger partial charge in [-0.25, -0.2) is 0 Å². The third-order valence-electron chi connectivity index (χ3n) is 3.85. The molecular weight excluding hydrogens is 436 g/mol. The molecule has 0 radical (unpaired) electrons. The molecule has 1 heterocycles. The predicted octanol–water partition coefficient (Wildman–Crippen LogP) is -0.436. The Kier molecular flexibility index (Phi) is 10.0. The molecule has 0 N–H and O–H groups in total. The summed E-state index contributed by atoms with van der Waals surface area (Å²) >= 11 is 0. The van der Waals surface area contributed by atoms with Gasteiger partial charge in [0, 0.05) is 41.5 Å². The normalized spacial score (nSPS) is 25.5. The maximum Gasteiger partial charge on any atom is 0.305 e. The van der Waals surface area contributed by atoms with E-state index in [9.17, 15) is 28.8 Å². The zero-order chi connectivity index (χ0) is 24.6. The first-order valence-corrected chi connectivity index (χ1v) is 9.46. The molecule has 1 aliphatic heterocycles. The number of hydrogen-bond donors (Lipinski definition) is 0. The lowest BCUT2D eigenvalue weighted by molar-refractivity contribution is -0.310. The van der Waals surface area contributed by atoms with Crippen LogP contribution in [0.3, 0.4) is 0 Å². The monoisotopic (exact) mass is 462 g/mol. The Balaban J connectivity index is 3.52. The second-order valence-corrected chi connectivity index (χ2v) is 6.75. The summed E-state index contributed by atoms with van der Waals surface area (Å²) in [7, 11) is 0. The van der Waals surface area contributed by atoms with Gasteiger partial charge in [-0.1, -0.05) is 0 Å². The van der Waals surface area contributed by atoms with Gasteiger partial charge in [0.05, 0.1) is 0 Å². The van der Waals surface area contributed by atoms with Crippen LogP contribution in [0.15, 0.2) is 0 Å². The van der Waals surface area contributed by atoms with Crippen molar-refractivity contribution in [3.63, 3.8) is 0 Å². The number of rotatable bonds is 8. The molecule has 0 saturated carbocycles. The summed E-state index contributed by atoms with van der Waals surface area (Å²) in [6.45, 7) is 5.83. The van der Waals surface area contributed by atoms with Crippen LogP contribution in [0.5, 0.6) is 0 Å². The van der Waals surface area contributed by atoms with Gasteiger partial charge in [-0.3, -0.25) is 28.8 Å². The van der Waals surface area contributed by atoms with E-state index in [0.29, 0.717) is 0 Å². The van der Waals surface area contributed by atoms with E-state index in [1.165, 1.54) is 0 Å². The fraction of sp³-hybridized carbons (Fsp3) is 0.684. The van der Waals surface area contributed by atoms with Crippen LogP contribution in [0, 0.1) is 0 Å². The number of carbonyl (C=O) groups excluding carboxylic acids is 6. The van der Waals surface area contributed by atoms with Crippen LogP contribution < -0.4 is 0 Å². The summed E-state index contributed by atoms with van der Waals surface area (Å²) in [5.74, 6) is -4.90. The lowest BCUT2D eigenvalue weighted by atomic mass is 9.94. The highest BCUT2D eigenvalue weighted by Gasteiger charge is 2.56. The minimum Gasteiger partial charge on any atom is -0.462 e. The average Bonchev–Trinajstić information content (AvgIpc) is 2.61. The van der Waals surface area contributed by atoms with E-state index in [1.807, 2.05) is 0 Å². The van der Waals surface area contributed by atoms with E-state index in [1.54, 1.807) is 0 Å². The maximum atomic E-state index is 11.8. The number of carbonyl (C=O) groups is 6. The molecule has 0 aromatic rings. The van der Waals surface area contributed by atoms with Gasteiger partial charge >= 0.3 is 35.8 Å². The molecule has 0 bridgehead atoms. The van der Waals surface area contributed by atoms with Gasteiger partial charge in [-0.15, -0.1) is 0 Å². The highest BCUT2D eigenvalue weighted by atomic mass is 16.7. The number of ether oxygens (including phenoxy) is 7. The van der Waals surface area contributed by atoms with Crippen molar-refractivity contribution in [1.82, 2.24) is 0 Å². The van der Waals surface area contributed by atoms with E-state index < -0.39 is 79.2 Å². The Morgan fingerprint density at radius 2 is 1.09 bits per heavy atom. The molecule has 32 heavy (non-hydrogen) atoms. The van der Waals surface area contributed by atoms with Crippen LogP contribution in [0.25, 0.3) is 0 Å². The first-order valence-electron chi connectivity index (χ1n) is 9.46. The summed E-state index contributed by atoms with van der Waals surface area (Å²) in [4.78, 5) is 69.7. The second kappa shape index (κ2) is 12.0. The largest absolute Gasteiger partial charge is 0.462 e. The van der Waals surface area contributed by atoms with Crippen LogP contribution in [0.1, 0.15) is 41.5 Å². The van der Waals surface area contributed by atoms with Crippen molar-refractivity contribution in [2.45, 2.75) is 78.4 Å². The summed E-state index contributed by atoms with van der Waals surface area (Å²) in [5.41, 5.74) is 0. The van der Waals surface area contributed by atoms with E-state index in [2.05, 4.69) is 0 Å². The molecule has 13 heteroatoms. The fourth-order valence-electron chi connectivity index (χ4n) is 2.97. The molecule has 0 aromatic heterocycles. The van der Waals surface area contributed by atoms with Gasteiger partial charge in [0.15, 0.2) is 18.3 Å². The zero-order valence-corrected chi connectivity index (χ0v) is 18.5. The summed E-state index contributed by atoms with van der Waals surface area (Å²) in [6, 6.07) is 0. The standard InChI is InChI=1S/C19H26O13/c1-8(20)26-7-14(27-9(2)21)15-16(28-10(3)22)17(29-11(4)23)18(30-12(5)24)19(32-15)31-13(6)25/h14-19H,7H2,1-6H3/t14-,15+,16+,17-,18-,19?/m0/s1. The number of esters is 6. The van der Waals surface area contributed by atoms with Gasteiger partial charge in [0.2, 0.25) is 12.4 Å². The van der Waals surface area contributed by atoms with Crippen molar-refractivity contribution >= 4 is 35.8 Å². The smallest absolute Gasteiger partial charge is 0.305 e. The van der Waals surface area contributed by atoms with Gasteiger partial charge in [0.1, 0.15) is 12.7 Å². The molecule has 1 fully saturated rings. The van der Waals surface area contributed by atoms with Crippen LogP contribution in [0.2, 0.25) is 0 Å². The van der Waals surface area contributed by atoms with Crippen molar-refractivity contribution < 1.29 is 61.9 Å². The van der Waals surface area contributed by atoms with E-state index in [4.69, 9.17) is 33.2 Å². The van der Waals surface area contributed by atoms with Crippen LogP contribution >= 0.6 is 0 Å². The molecule has 0 aliphatic carbocycles. The average molecular weight is 462 g/mol. The lowest BCUT2D eigenvalue weighted by Gasteiger charge is -2.45. The maximum absolute atomic E-state index is 11.8. The molecule has 1 rings (SSSR count). The third-order valence-corrected chi connectivity index (χ3v) is 3.85. The van der Waals surface area contributed by atoms with Gasteiger partial charge in [-0.05, 0) is 0 Å². The first kappa shape index (κ1) is 26.8. The molecule has 1 unspecified atom stereocenters. The Morgan fingerprint density at radius 3 is 1.53 bits per heavy atom. The van der Waals surface area contributed by atoms with Crippen molar-refractivity contribution in [2.24, 2.45) is 0 Å². The Hall–Kier alpha value is -3.22. The molecule has 1 aliphatic rings. The van der Waals surface area contributed by atoms with Gasteiger partial charge < -0.3 is 33.2 Å². The topological polar surface area (TPSA) is 167 Å². The Bertz CT molecular complexity index is 732. The lowest BCUT2D eigenvalue weighted by Crippen LogP contribution is -2.65. The van der Waals surface area contributed by atoms with E-state index in [0.717, 1.165) is 41.5 Å². The summed E-state index contributed by atoms with van der Waals surface area (Å²) in [5, 5.41) is 0. The van der Waals surface area contributed by atoms with Crippen molar-refractivity contribution in [2.75, 3.05) is 6.61 Å². The second-order valence-electron chi connectivity index (χ2n) is 6.75. The zero-order valence-electron chi connectivity index (χ0n) is 18.5.